The third-order valence-electron chi connectivity index (χ3n) is 4.38. The Hall–Kier alpha value is -1.62. The number of hydrogen-bond donors (Lipinski definition) is 3. The highest BCUT2D eigenvalue weighted by Gasteiger charge is 2.37. The fourth-order valence-corrected chi connectivity index (χ4v) is 3.18. The lowest BCUT2D eigenvalue weighted by Gasteiger charge is -2.31. The van der Waals surface area contributed by atoms with Crippen LogP contribution in [0.3, 0.4) is 0 Å². The van der Waals surface area contributed by atoms with Gasteiger partial charge < -0.3 is 15.7 Å². The minimum absolute atomic E-state index is 0.0128. The third-order valence-corrected chi connectivity index (χ3v) is 4.38. The Kier molecular flexibility index (Phi) is 5.77. The van der Waals surface area contributed by atoms with E-state index in [4.69, 9.17) is 5.11 Å². The Balaban J connectivity index is 2.02. The van der Waals surface area contributed by atoms with Gasteiger partial charge in [-0.15, -0.1) is 0 Å². The summed E-state index contributed by atoms with van der Waals surface area (Å²) < 4.78 is 13.1. The first-order chi connectivity index (χ1) is 10.6. The molecule has 1 saturated carbocycles. The van der Waals surface area contributed by atoms with Crippen LogP contribution in [0.1, 0.15) is 51.0 Å². The second-order valence-corrected chi connectivity index (χ2v) is 6.16. The molecule has 4 nitrogen and oxygen atoms in total. The van der Waals surface area contributed by atoms with Crippen molar-refractivity contribution in [3.8, 4) is 0 Å². The molecule has 0 saturated heterocycles. The normalized spacial score (nSPS) is 18.0. The van der Waals surface area contributed by atoms with Crippen LogP contribution >= 0.6 is 0 Å². The summed E-state index contributed by atoms with van der Waals surface area (Å²) in [6.45, 7) is 2.06. The minimum Gasteiger partial charge on any atom is -0.396 e. The Morgan fingerprint density at radius 1 is 1.32 bits per heavy atom. The van der Waals surface area contributed by atoms with Gasteiger partial charge in [0.15, 0.2) is 0 Å². The van der Waals surface area contributed by atoms with Crippen LogP contribution in [0.2, 0.25) is 0 Å². The molecule has 0 aromatic heterocycles. The van der Waals surface area contributed by atoms with E-state index in [2.05, 4.69) is 10.6 Å². The molecule has 1 aromatic rings. The van der Waals surface area contributed by atoms with Gasteiger partial charge in [-0.05, 0) is 50.3 Å². The number of carbonyl (C=O) groups is 1. The molecule has 1 atom stereocenters. The summed E-state index contributed by atoms with van der Waals surface area (Å²) in [5.41, 5.74) is 0.568. The number of amides is 2. The van der Waals surface area contributed by atoms with E-state index in [1.165, 1.54) is 12.1 Å². The molecule has 0 aliphatic heterocycles. The molecule has 2 rings (SSSR count). The van der Waals surface area contributed by atoms with E-state index in [9.17, 15) is 9.18 Å². The van der Waals surface area contributed by atoms with Gasteiger partial charge in [0.25, 0.3) is 0 Å². The molecule has 1 fully saturated rings. The molecule has 5 heteroatoms. The van der Waals surface area contributed by atoms with Gasteiger partial charge >= 0.3 is 6.03 Å². The maximum absolute atomic E-state index is 13.1. The highest BCUT2D eigenvalue weighted by atomic mass is 19.1. The number of carbonyl (C=O) groups excluding carboxylic acids is 1. The van der Waals surface area contributed by atoms with Gasteiger partial charge in [0.05, 0.1) is 5.54 Å². The lowest BCUT2D eigenvalue weighted by atomic mass is 9.88. The van der Waals surface area contributed by atoms with E-state index in [1.54, 1.807) is 12.1 Å². The van der Waals surface area contributed by atoms with Crippen molar-refractivity contribution in [2.75, 3.05) is 6.61 Å². The molecule has 1 aliphatic carbocycles. The van der Waals surface area contributed by atoms with Crippen LogP contribution < -0.4 is 10.6 Å². The third kappa shape index (κ3) is 4.19. The molecular weight excluding hydrogens is 283 g/mol. The number of aliphatic hydroxyl groups is 1. The van der Waals surface area contributed by atoms with E-state index < -0.39 is 5.54 Å². The van der Waals surface area contributed by atoms with Crippen molar-refractivity contribution in [2.24, 2.45) is 0 Å². The van der Waals surface area contributed by atoms with Crippen LogP contribution in [-0.2, 0) is 5.54 Å². The number of rotatable bonds is 6. The summed E-state index contributed by atoms with van der Waals surface area (Å²) in [6, 6.07) is 6.22. The smallest absolute Gasteiger partial charge is 0.315 e. The number of nitrogens with one attached hydrogen (secondary N) is 2. The Morgan fingerprint density at radius 2 is 1.95 bits per heavy atom. The minimum atomic E-state index is -0.394. The lowest BCUT2D eigenvalue weighted by Crippen LogP contribution is -2.50. The van der Waals surface area contributed by atoms with E-state index in [0.29, 0.717) is 6.42 Å². The van der Waals surface area contributed by atoms with Crippen molar-refractivity contribution in [3.63, 3.8) is 0 Å². The van der Waals surface area contributed by atoms with Crippen molar-refractivity contribution in [2.45, 2.75) is 57.0 Å². The molecule has 2 amide bonds. The zero-order valence-electron chi connectivity index (χ0n) is 13.1. The van der Waals surface area contributed by atoms with Crippen molar-refractivity contribution in [1.82, 2.24) is 10.6 Å². The van der Waals surface area contributed by atoms with Gasteiger partial charge in [0, 0.05) is 12.6 Å². The Morgan fingerprint density at radius 3 is 2.55 bits per heavy atom. The topological polar surface area (TPSA) is 61.4 Å². The zero-order valence-corrected chi connectivity index (χ0v) is 13.1. The first-order valence-electron chi connectivity index (χ1n) is 8.01. The maximum Gasteiger partial charge on any atom is 0.315 e. The monoisotopic (exact) mass is 308 g/mol. The summed E-state index contributed by atoms with van der Waals surface area (Å²) in [6.07, 6.45) is 5.27. The molecule has 1 aromatic carbocycles. The van der Waals surface area contributed by atoms with Crippen molar-refractivity contribution >= 4 is 6.03 Å². The zero-order chi connectivity index (χ0) is 16.0. The second-order valence-electron chi connectivity index (χ2n) is 6.16. The highest BCUT2D eigenvalue weighted by Crippen LogP contribution is 2.38. The molecule has 122 valence electrons. The van der Waals surface area contributed by atoms with Crippen molar-refractivity contribution < 1.29 is 14.3 Å². The van der Waals surface area contributed by atoms with Gasteiger partial charge in [-0.1, -0.05) is 25.0 Å². The van der Waals surface area contributed by atoms with Crippen LogP contribution in [0.25, 0.3) is 0 Å². The van der Waals surface area contributed by atoms with E-state index in [-0.39, 0.29) is 24.5 Å². The molecule has 0 radical (unpaired) electrons. The van der Waals surface area contributed by atoms with E-state index in [0.717, 1.165) is 37.7 Å². The standard InChI is InChI=1S/C17H25FN2O2/c1-13(5-4-12-21)19-16(22)20-17(10-2-3-11-17)14-6-8-15(18)9-7-14/h6-9,13,21H,2-5,10-12H2,1H3,(H2,19,20,22). The summed E-state index contributed by atoms with van der Waals surface area (Å²) >= 11 is 0. The highest BCUT2D eigenvalue weighted by molar-refractivity contribution is 5.75. The quantitative estimate of drug-likeness (QED) is 0.756. The number of hydrogen-bond acceptors (Lipinski definition) is 2. The fourth-order valence-electron chi connectivity index (χ4n) is 3.18. The number of urea groups is 1. The van der Waals surface area contributed by atoms with Crippen LogP contribution in [0.5, 0.6) is 0 Å². The first kappa shape index (κ1) is 16.7. The second kappa shape index (κ2) is 7.58. The Bertz CT molecular complexity index is 484. The maximum atomic E-state index is 13.1. The molecule has 1 aliphatic rings. The van der Waals surface area contributed by atoms with Gasteiger partial charge in [0.1, 0.15) is 5.82 Å². The van der Waals surface area contributed by atoms with Gasteiger partial charge in [-0.2, -0.15) is 0 Å². The van der Waals surface area contributed by atoms with Crippen molar-refractivity contribution in [3.05, 3.63) is 35.6 Å². The molecule has 22 heavy (non-hydrogen) atoms. The fraction of sp³-hybridized carbons (Fsp3) is 0.588. The van der Waals surface area contributed by atoms with E-state index in [1.807, 2.05) is 6.92 Å². The SMILES string of the molecule is CC(CCCO)NC(=O)NC1(c2ccc(F)cc2)CCCC1. The average Bonchev–Trinajstić information content (AvgIpc) is 2.95. The molecule has 0 heterocycles. The summed E-state index contributed by atoms with van der Waals surface area (Å²) in [4.78, 5) is 12.3. The summed E-state index contributed by atoms with van der Waals surface area (Å²) in [7, 11) is 0. The molecular formula is C17H25FN2O2. The lowest BCUT2D eigenvalue weighted by molar-refractivity contribution is 0.219. The molecule has 1 unspecified atom stereocenters. The summed E-state index contributed by atoms with van der Waals surface area (Å²) in [5, 5.41) is 14.8. The largest absolute Gasteiger partial charge is 0.396 e. The van der Waals surface area contributed by atoms with Crippen LogP contribution in [0.4, 0.5) is 9.18 Å². The number of halogens is 1. The van der Waals surface area contributed by atoms with Crippen LogP contribution in [-0.4, -0.2) is 23.8 Å². The first-order valence-corrected chi connectivity index (χ1v) is 8.01. The van der Waals surface area contributed by atoms with Gasteiger partial charge in [0.2, 0.25) is 0 Å². The van der Waals surface area contributed by atoms with Gasteiger partial charge in [-0.3, -0.25) is 0 Å². The van der Waals surface area contributed by atoms with E-state index >= 15 is 0 Å². The predicted molar refractivity (Wildman–Crippen MR) is 84.0 cm³/mol. The molecule has 0 spiro atoms. The van der Waals surface area contributed by atoms with Gasteiger partial charge in [-0.25, -0.2) is 9.18 Å². The Labute approximate surface area is 131 Å². The summed E-state index contributed by atoms with van der Waals surface area (Å²) in [5.74, 6) is -0.265. The predicted octanol–water partition coefficient (Wildman–Crippen LogP) is 3.06. The average molecular weight is 308 g/mol. The van der Waals surface area contributed by atoms with Crippen molar-refractivity contribution in [1.29, 1.82) is 0 Å². The van der Waals surface area contributed by atoms with Crippen LogP contribution in [0.15, 0.2) is 24.3 Å². The number of aliphatic hydroxyl groups excluding tert-OH is 1. The molecule has 3 N–H and O–H groups in total. The number of benzene rings is 1. The van der Waals surface area contributed by atoms with Crippen LogP contribution in [0, 0.1) is 5.82 Å². The molecule has 0 bridgehead atoms.